The van der Waals surface area contributed by atoms with Gasteiger partial charge in [-0.1, -0.05) is 42.5 Å². The van der Waals surface area contributed by atoms with Gasteiger partial charge >= 0.3 is 0 Å². The molecule has 1 aromatic heterocycles. The molecule has 0 radical (unpaired) electrons. The Labute approximate surface area is 152 Å². The number of rotatable bonds is 6. The monoisotopic (exact) mass is 352 g/mol. The number of hydrogen-bond acceptors (Lipinski definition) is 4. The Morgan fingerprint density at radius 2 is 1.77 bits per heavy atom. The van der Waals surface area contributed by atoms with Gasteiger partial charge in [0.15, 0.2) is 0 Å². The molecular formula is C21H24N2O3. The fourth-order valence-corrected chi connectivity index (χ4v) is 3.15. The lowest BCUT2D eigenvalue weighted by atomic mass is 10.0. The van der Waals surface area contributed by atoms with Crippen LogP contribution in [0.4, 0.5) is 0 Å². The maximum atomic E-state index is 12.4. The first kappa shape index (κ1) is 18.3. The van der Waals surface area contributed by atoms with Crippen molar-refractivity contribution in [1.82, 2.24) is 10.3 Å². The Hall–Kier alpha value is -2.47. The normalized spacial score (nSPS) is 13.7. The lowest BCUT2D eigenvalue weighted by molar-refractivity contribution is 0.0891. The van der Waals surface area contributed by atoms with Gasteiger partial charge in [-0.2, -0.15) is 0 Å². The summed E-state index contributed by atoms with van der Waals surface area (Å²) in [6.45, 7) is 3.99. The number of benzene rings is 2. The van der Waals surface area contributed by atoms with Gasteiger partial charge in [0, 0.05) is 17.5 Å². The van der Waals surface area contributed by atoms with Crippen LogP contribution >= 0.6 is 0 Å². The number of nitrogens with one attached hydrogen (secondary N) is 2. The third-order valence-electron chi connectivity index (χ3n) is 4.79. The van der Waals surface area contributed by atoms with E-state index in [0.717, 1.165) is 27.6 Å². The van der Waals surface area contributed by atoms with Crippen LogP contribution in [0.2, 0.25) is 0 Å². The molecule has 4 N–H and O–H groups in total. The van der Waals surface area contributed by atoms with Crippen molar-refractivity contribution >= 4 is 10.9 Å². The van der Waals surface area contributed by atoms with Crippen LogP contribution in [0.5, 0.6) is 0 Å². The Balaban J connectivity index is 1.83. The Morgan fingerprint density at radius 3 is 2.46 bits per heavy atom. The minimum absolute atomic E-state index is 0.162. The fourth-order valence-electron chi connectivity index (χ4n) is 3.15. The molecule has 0 amide bonds. The van der Waals surface area contributed by atoms with Gasteiger partial charge in [0.1, 0.15) is 0 Å². The number of pyridine rings is 1. The molecule has 0 aliphatic heterocycles. The van der Waals surface area contributed by atoms with Crippen LogP contribution in [-0.2, 0) is 6.54 Å². The van der Waals surface area contributed by atoms with Crippen LogP contribution in [0.1, 0.15) is 28.4 Å². The van der Waals surface area contributed by atoms with Crippen LogP contribution in [0, 0.1) is 13.8 Å². The van der Waals surface area contributed by atoms with E-state index in [1.807, 2.05) is 62.4 Å². The number of fused-ring (bicyclic) bond motifs is 1. The number of aliphatic hydroxyl groups is 2. The first-order chi connectivity index (χ1) is 12.5. The highest BCUT2D eigenvalue weighted by molar-refractivity contribution is 5.85. The molecule has 0 spiro atoms. The molecule has 1 heterocycles. The number of aromatic amines is 1. The molecule has 0 unspecified atom stereocenters. The summed E-state index contributed by atoms with van der Waals surface area (Å²) in [4.78, 5) is 15.4. The maximum Gasteiger partial charge on any atom is 0.252 e. The first-order valence-electron chi connectivity index (χ1n) is 8.70. The number of hydrogen-bond donors (Lipinski definition) is 4. The highest BCUT2D eigenvalue weighted by Gasteiger charge is 2.20. The zero-order valence-electron chi connectivity index (χ0n) is 15.0. The van der Waals surface area contributed by atoms with Crippen molar-refractivity contribution in [2.45, 2.75) is 32.5 Å². The zero-order chi connectivity index (χ0) is 18.7. The van der Waals surface area contributed by atoms with Gasteiger partial charge in [0.2, 0.25) is 0 Å². The van der Waals surface area contributed by atoms with Crippen molar-refractivity contribution < 1.29 is 10.2 Å². The summed E-state index contributed by atoms with van der Waals surface area (Å²) >= 11 is 0. The topological polar surface area (TPSA) is 85.4 Å². The Morgan fingerprint density at radius 1 is 1.08 bits per heavy atom. The van der Waals surface area contributed by atoms with Crippen LogP contribution in [0.25, 0.3) is 10.9 Å². The van der Waals surface area contributed by atoms with Crippen molar-refractivity contribution in [1.29, 1.82) is 0 Å². The van der Waals surface area contributed by atoms with Crippen LogP contribution in [0.3, 0.4) is 0 Å². The van der Waals surface area contributed by atoms with Gasteiger partial charge in [-0.25, -0.2) is 0 Å². The quantitative estimate of drug-likeness (QED) is 0.548. The molecule has 3 aromatic rings. The molecule has 0 aliphatic rings. The van der Waals surface area contributed by atoms with Gasteiger partial charge in [-0.05, 0) is 36.6 Å². The number of H-pyrrole nitrogens is 1. The van der Waals surface area contributed by atoms with E-state index < -0.39 is 12.1 Å². The molecule has 2 aromatic carbocycles. The summed E-state index contributed by atoms with van der Waals surface area (Å²) in [7, 11) is 0. The second-order valence-electron chi connectivity index (χ2n) is 6.64. The van der Waals surface area contributed by atoms with Crippen molar-refractivity contribution in [2.24, 2.45) is 0 Å². The molecular weight excluding hydrogens is 328 g/mol. The second-order valence-corrected chi connectivity index (χ2v) is 6.64. The minimum Gasteiger partial charge on any atom is -0.395 e. The van der Waals surface area contributed by atoms with E-state index in [-0.39, 0.29) is 18.7 Å². The summed E-state index contributed by atoms with van der Waals surface area (Å²) in [5.41, 5.74) is 4.09. The predicted molar refractivity (Wildman–Crippen MR) is 103 cm³/mol. The Kier molecular flexibility index (Phi) is 5.52. The average molecular weight is 352 g/mol. The number of aromatic nitrogens is 1. The first-order valence-corrected chi connectivity index (χ1v) is 8.70. The molecule has 5 heteroatoms. The van der Waals surface area contributed by atoms with Crippen molar-refractivity contribution in [3.8, 4) is 0 Å². The standard InChI is InChI=1S/C21H24N2O3/c1-13-8-9-14(2)19-17(13)10-16(21(26)23-19)11-22-18(12-24)20(25)15-6-4-3-5-7-15/h3-10,18,20,22,24-25H,11-12H2,1-2H3,(H,23,26)/t18-,20-/m0/s1. The molecule has 3 rings (SSSR count). The van der Waals surface area contributed by atoms with Gasteiger partial charge in [0.05, 0.1) is 24.3 Å². The third-order valence-corrected chi connectivity index (χ3v) is 4.79. The minimum atomic E-state index is -0.857. The fraction of sp³-hybridized carbons (Fsp3) is 0.286. The van der Waals surface area contributed by atoms with E-state index in [1.54, 1.807) is 0 Å². The van der Waals surface area contributed by atoms with Gasteiger partial charge in [-0.3, -0.25) is 4.79 Å². The van der Waals surface area contributed by atoms with Crippen molar-refractivity contribution in [3.63, 3.8) is 0 Å². The predicted octanol–water partition coefficient (Wildman–Crippen LogP) is 2.33. The lowest BCUT2D eigenvalue weighted by Gasteiger charge is -2.22. The highest BCUT2D eigenvalue weighted by Crippen LogP contribution is 2.20. The third kappa shape index (κ3) is 3.70. The van der Waals surface area contributed by atoms with Crippen LogP contribution in [0.15, 0.2) is 53.3 Å². The van der Waals surface area contributed by atoms with E-state index in [9.17, 15) is 15.0 Å². The molecule has 26 heavy (non-hydrogen) atoms. The molecule has 0 saturated carbocycles. The van der Waals surface area contributed by atoms with Gasteiger partial charge in [0.25, 0.3) is 5.56 Å². The summed E-state index contributed by atoms with van der Waals surface area (Å²) < 4.78 is 0. The zero-order valence-corrected chi connectivity index (χ0v) is 15.0. The van der Waals surface area contributed by atoms with Gasteiger partial charge in [-0.15, -0.1) is 0 Å². The van der Waals surface area contributed by atoms with Crippen LogP contribution < -0.4 is 10.9 Å². The van der Waals surface area contributed by atoms with E-state index in [1.165, 1.54) is 0 Å². The Bertz CT molecular complexity index is 951. The molecule has 2 atom stereocenters. The highest BCUT2D eigenvalue weighted by atomic mass is 16.3. The molecule has 136 valence electrons. The molecule has 0 bridgehead atoms. The smallest absolute Gasteiger partial charge is 0.252 e. The maximum absolute atomic E-state index is 12.4. The van der Waals surface area contributed by atoms with Crippen molar-refractivity contribution in [3.05, 3.63) is 81.1 Å². The largest absolute Gasteiger partial charge is 0.395 e. The summed E-state index contributed by atoms with van der Waals surface area (Å²) in [6.07, 6.45) is -0.857. The van der Waals surface area contributed by atoms with E-state index in [2.05, 4.69) is 10.3 Å². The number of aliphatic hydroxyl groups excluding tert-OH is 2. The van der Waals surface area contributed by atoms with E-state index in [0.29, 0.717) is 5.56 Å². The molecule has 0 fully saturated rings. The van der Waals surface area contributed by atoms with E-state index in [4.69, 9.17) is 0 Å². The van der Waals surface area contributed by atoms with Crippen molar-refractivity contribution in [2.75, 3.05) is 6.61 Å². The summed E-state index contributed by atoms with van der Waals surface area (Å²) in [5.74, 6) is 0. The average Bonchev–Trinajstić information content (AvgIpc) is 2.66. The molecule has 0 aliphatic carbocycles. The van der Waals surface area contributed by atoms with E-state index >= 15 is 0 Å². The summed E-state index contributed by atoms with van der Waals surface area (Å²) in [6, 6.07) is 14.5. The SMILES string of the molecule is Cc1ccc(C)c2[nH]c(=O)c(CN[C@@H](CO)[C@@H](O)c3ccccc3)cc12. The number of aryl methyl sites for hydroxylation is 2. The molecule has 5 nitrogen and oxygen atoms in total. The molecule has 0 saturated heterocycles. The summed E-state index contributed by atoms with van der Waals surface area (Å²) in [5, 5.41) is 24.2. The van der Waals surface area contributed by atoms with Crippen LogP contribution in [-0.4, -0.2) is 27.8 Å². The van der Waals surface area contributed by atoms with Gasteiger partial charge < -0.3 is 20.5 Å². The second kappa shape index (κ2) is 7.83. The lowest BCUT2D eigenvalue weighted by Crippen LogP contribution is -2.38.